The van der Waals surface area contributed by atoms with E-state index in [1.54, 1.807) is 24.3 Å². The second-order valence-corrected chi connectivity index (χ2v) is 8.54. The molecule has 0 atom stereocenters. The molecule has 0 bridgehead atoms. The lowest BCUT2D eigenvalue weighted by molar-refractivity contribution is -0.150. The van der Waals surface area contributed by atoms with Gasteiger partial charge in [0.05, 0.1) is 24.0 Å². The van der Waals surface area contributed by atoms with Crippen molar-refractivity contribution in [1.29, 1.82) is 0 Å². The maximum absolute atomic E-state index is 12.7. The summed E-state index contributed by atoms with van der Waals surface area (Å²) in [5, 5.41) is 0. The molecule has 25 heavy (non-hydrogen) atoms. The van der Waals surface area contributed by atoms with E-state index in [1.165, 1.54) is 4.31 Å². The first-order valence-corrected chi connectivity index (χ1v) is 10.2. The number of ether oxygens (including phenoxy) is 2. The van der Waals surface area contributed by atoms with Gasteiger partial charge < -0.3 is 9.47 Å². The van der Waals surface area contributed by atoms with Crippen LogP contribution in [0.25, 0.3) is 0 Å². The fourth-order valence-corrected chi connectivity index (χ4v) is 4.19. The van der Waals surface area contributed by atoms with Gasteiger partial charge in [-0.1, -0.05) is 13.8 Å². The summed E-state index contributed by atoms with van der Waals surface area (Å²) >= 11 is 0. The van der Waals surface area contributed by atoms with Gasteiger partial charge in [-0.25, -0.2) is 8.42 Å². The molecule has 1 heterocycles. The summed E-state index contributed by atoms with van der Waals surface area (Å²) in [7, 11) is -3.54. The second kappa shape index (κ2) is 8.67. The van der Waals surface area contributed by atoms with E-state index in [9.17, 15) is 13.2 Å². The van der Waals surface area contributed by atoms with Crippen LogP contribution < -0.4 is 4.74 Å². The zero-order valence-electron chi connectivity index (χ0n) is 15.1. The summed E-state index contributed by atoms with van der Waals surface area (Å²) in [6, 6.07) is 6.44. The zero-order valence-corrected chi connectivity index (χ0v) is 15.9. The van der Waals surface area contributed by atoms with Gasteiger partial charge in [0.1, 0.15) is 5.75 Å². The Balaban J connectivity index is 1.95. The van der Waals surface area contributed by atoms with Crippen molar-refractivity contribution in [1.82, 2.24) is 4.31 Å². The largest absolute Gasteiger partial charge is 0.494 e. The topological polar surface area (TPSA) is 72.9 Å². The van der Waals surface area contributed by atoms with Crippen molar-refractivity contribution < 1.29 is 22.7 Å². The number of esters is 1. The van der Waals surface area contributed by atoms with E-state index in [-0.39, 0.29) is 16.8 Å². The third-order valence-corrected chi connectivity index (χ3v) is 6.03. The molecule has 6 nitrogen and oxygen atoms in total. The number of sulfonamides is 1. The average Bonchev–Trinajstić information content (AvgIpc) is 2.60. The molecule has 0 radical (unpaired) electrons. The lowest BCUT2D eigenvalue weighted by Gasteiger charge is -2.30. The molecule has 0 amide bonds. The van der Waals surface area contributed by atoms with Gasteiger partial charge in [-0.3, -0.25) is 4.79 Å². The Hall–Kier alpha value is -1.60. The van der Waals surface area contributed by atoms with Crippen molar-refractivity contribution in [3.8, 4) is 5.75 Å². The van der Waals surface area contributed by atoms with Crippen LogP contribution in [-0.2, 0) is 19.6 Å². The first-order valence-electron chi connectivity index (χ1n) is 8.74. The molecule has 0 aromatic heterocycles. The van der Waals surface area contributed by atoms with Crippen LogP contribution >= 0.6 is 0 Å². The fourth-order valence-electron chi connectivity index (χ4n) is 2.72. The number of piperidine rings is 1. The standard InChI is InChI=1S/C18H27NO5S/c1-4-23-16-5-7-17(8-6-16)25(21,22)19-11-9-15(10-12-19)18(20)24-13-14(2)3/h5-8,14-15H,4,9-13H2,1-3H3. The van der Waals surface area contributed by atoms with Gasteiger partial charge in [0.2, 0.25) is 10.0 Å². The highest BCUT2D eigenvalue weighted by atomic mass is 32.2. The Morgan fingerprint density at radius 1 is 1.20 bits per heavy atom. The first-order chi connectivity index (χ1) is 11.8. The summed E-state index contributed by atoms with van der Waals surface area (Å²) in [6.07, 6.45) is 0.986. The van der Waals surface area contributed by atoms with Crippen molar-refractivity contribution in [2.75, 3.05) is 26.3 Å². The quantitative estimate of drug-likeness (QED) is 0.691. The van der Waals surface area contributed by atoms with Crippen LogP contribution in [0.4, 0.5) is 0 Å². The summed E-state index contributed by atoms with van der Waals surface area (Å²) in [5.41, 5.74) is 0. The third-order valence-electron chi connectivity index (χ3n) is 4.12. The minimum absolute atomic E-state index is 0.216. The highest BCUT2D eigenvalue weighted by Crippen LogP contribution is 2.26. The van der Waals surface area contributed by atoms with E-state index < -0.39 is 10.0 Å². The minimum Gasteiger partial charge on any atom is -0.494 e. The molecule has 0 saturated carbocycles. The van der Waals surface area contributed by atoms with Crippen LogP contribution in [0.5, 0.6) is 5.75 Å². The van der Waals surface area contributed by atoms with E-state index in [4.69, 9.17) is 9.47 Å². The molecule has 2 rings (SSSR count). The molecule has 0 spiro atoms. The van der Waals surface area contributed by atoms with Crippen molar-refractivity contribution in [3.05, 3.63) is 24.3 Å². The number of carbonyl (C=O) groups is 1. The molecule has 1 saturated heterocycles. The Morgan fingerprint density at radius 2 is 1.80 bits per heavy atom. The summed E-state index contributed by atoms with van der Waals surface area (Å²) in [6.45, 7) is 7.45. The predicted molar refractivity (Wildman–Crippen MR) is 94.9 cm³/mol. The monoisotopic (exact) mass is 369 g/mol. The molecule has 1 aliphatic heterocycles. The normalized spacial score (nSPS) is 16.8. The molecule has 0 N–H and O–H groups in total. The number of carbonyl (C=O) groups excluding carboxylic acids is 1. The molecule has 1 aromatic rings. The molecular formula is C18H27NO5S. The molecule has 7 heteroatoms. The van der Waals surface area contributed by atoms with Crippen LogP contribution in [0, 0.1) is 11.8 Å². The van der Waals surface area contributed by atoms with Gasteiger partial charge in [0.15, 0.2) is 0 Å². The lowest BCUT2D eigenvalue weighted by atomic mass is 9.98. The molecule has 1 aromatic carbocycles. The number of hydrogen-bond acceptors (Lipinski definition) is 5. The Morgan fingerprint density at radius 3 is 2.32 bits per heavy atom. The Kier molecular flexibility index (Phi) is 6.84. The van der Waals surface area contributed by atoms with Crippen molar-refractivity contribution in [2.45, 2.75) is 38.5 Å². The number of hydrogen-bond donors (Lipinski definition) is 0. The van der Waals surface area contributed by atoms with E-state index in [0.717, 1.165) is 0 Å². The summed E-state index contributed by atoms with van der Waals surface area (Å²) < 4.78 is 37.5. The smallest absolute Gasteiger partial charge is 0.309 e. The van der Waals surface area contributed by atoms with Crippen molar-refractivity contribution in [2.24, 2.45) is 11.8 Å². The van der Waals surface area contributed by atoms with E-state index in [2.05, 4.69) is 0 Å². The average molecular weight is 369 g/mol. The maximum atomic E-state index is 12.7. The molecule has 1 aliphatic rings. The van der Waals surface area contributed by atoms with Crippen molar-refractivity contribution in [3.63, 3.8) is 0 Å². The number of benzene rings is 1. The number of nitrogens with zero attached hydrogens (tertiary/aromatic N) is 1. The second-order valence-electron chi connectivity index (χ2n) is 6.61. The van der Waals surface area contributed by atoms with E-state index in [1.807, 2.05) is 20.8 Å². The summed E-state index contributed by atoms with van der Waals surface area (Å²) in [4.78, 5) is 12.3. The Bertz CT molecular complexity index is 661. The fraction of sp³-hybridized carbons (Fsp3) is 0.611. The number of rotatable bonds is 7. The third kappa shape index (κ3) is 5.19. The molecule has 0 aliphatic carbocycles. The van der Waals surface area contributed by atoms with Crippen LogP contribution in [0.15, 0.2) is 29.2 Å². The van der Waals surface area contributed by atoms with Gasteiger partial charge in [0, 0.05) is 13.1 Å². The van der Waals surface area contributed by atoms with Crippen molar-refractivity contribution >= 4 is 16.0 Å². The zero-order chi connectivity index (χ0) is 18.4. The van der Waals surface area contributed by atoms with Gasteiger partial charge in [-0.05, 0) is 49.9 Å². The van der Waals surface area contributed by atoms with E-state index in [0.29, 0.717) is 50.8 Å². The van der Waals surface area contributed by atoms with Crippen LogP contribution in [0.2, 0.25) is 0 Å². The van der Waals surface area contributed by atoms with E-state index >= 15 is 0 Å². The highest BCUT2D eigenvalue weighted by Gasteiger charge is 2.32. The molecular weight excluding hydrogens is 342 g/mol. The predicted octanol–water partition coefficient (Wildman–Crippen LogP) is 2.69. The highest BCUT2D eigenvalue weighted by molar-refractivity contribution is 7.89. The molecule has 0 unspecified atom stereocenters. The van der Waals surface area contributed by atoms with Crippen LogP contribution in [-0.4, -0.2) is 45.0 Å². The van der Waals surface area contributed by atoms with Gasteiger partial charge in [-0.15, -0.1) is 0 Å². The lowest BCUT2D eigenvalue weighted by Crippen LogP contribution is -2.40. The Labute approximate surface area is 150 Å². The van der Waals surface area contributed by atoms with Gasteiger partial charge in [0.25, 0.3) is 0 Å². The molecule has 1 fully saturated rings. The maximum Gasteiger partial charge on any atom is 0.309 e. The minimum atomic E-state index is -3.54. The SMILES string of the molecule is CCOc1ccc(S(=O)(=O)N2CCC(C(=O)OCC(C)C)CC2)cc1. The van der Waals surface area contributed by atoms with Crippen LogP contribution in [0.3, 0.4) is 0 Å². The molecule has 140 valence electrons. The van der Waals surface area contributed by atoms with Crippen LogP contribution in [0.1, 0.15) is 33.6 Å². The summed E-state index contributed by atoms with van der Waals surface area (Å²) in [5.74, 6) is 0.509. The first kappa shape index (κ1) is 19.7. The van der Waals surface area contributed by atoms with Gasteiger partial charge in [-0.2, -0.15) is 4.31 Å². The van der Waals surface area contributed by atoms with Gasteiger partial charge >= 0.3 is 5.97 Å².